The van der Waals surface area contributed by atoms with Crippen molar-refractivity contribution >= 4 is 12.3 Å². The number of unbranched alkanes of at least 4 members (excludes halogenated alkanes) is 6. The predicted octanol–water partition coefficient (Wildman–Crippen LogP) is 4.66. The SMILES string of the molecule is CCCCCCCCCC(=O)OCCOCCOCCOCCOCCOCCOCCOc1ccc(C=O)cc1. The Kier molecular flexibility index (Phi) is 26.5. The van der Waals surface area contributed by atoms with Crippen LogP contribution in [-0.4, -0.2) is 105 Å². The summed E-state index contributed by atoms with van der Waals surface area (Å²) in [6, 6.07) is 6.93. The van der Waals surface area contributed by atoms with Gasteiger partial charge in [0.25, 0.3) is 0 Å². The quantitative estimate of drug-likeness (QED) is 0.0695. The minimum Gasteiger partial charge on any atom is -0.491 e. The van der Waals surface area contributed by atoms with Gasteiger partial charge in [0.15, 0.2) is 0 Å². The van der Waals surface area contributed by atoms with E-state index in [1.54, 1.807) is 24.3 Å². The molecule has 0 radical (unpaired) electrons. The molecule has 0 amide bonds. The number of rotatable bonds is 31. The zero-order valence-corrected chi connectivity index (χ0v) is 25.0. The normalized spacial score (nSPS) is 11.0. The maximum atomic E-state index is 11.7. The van der Waals surface area contributed by atoms with Crippen LogP contribution >= 0.6 is 0 Å². The molecule has 0 saturated carbocycles. The van der Waals surface area contributed by atoms with Crippen molar-refractivity contribution in [1.29, 1.82) is 0 Å². The Balaban J connectivity index is 1.69. The van der Waals surface area contributed by atoms with E-state index in [4.69, 9.17) is 37.9 Å². The molecule has 236 valence electrons. The van der Waals surface area contributed by atoms with E-state index in [-0.39, 0.29) is 12.6 Å². The van der Waals surface area contributed by atoms with Crippen LogP contribution in [0.15, 0.2) is 24.3 Å². The van der Waals surface area contributed by atoms with Crippen molar-refractivity contribution in [3.05, 3.63) is 29.8 Å². The first-order valence-corrected chi connectivity index (χ1v) is 15.1. The largest absolute Gasteiger partial charge is 0.491 e. The van der Waals surface area contributed by atoms with Crippen LogP contribution in [-0.2, 0) is 38.0 Å². The zero-order valence-electron chi connectivity index (χ0n) is 25.0. The molecule has 1 rings (SSSR count). The topological polar surface area (TPSA) is 108 Å². The Morgan fingerprint density at radius 2 is 0.976 bits per heavy atom. The van der Waals surface area contributed by atoms with Crippen molar-refractivity contribution in [1.82, 2.24) is 0 Å². The number of carbonyl (C=O) groups is 2. The summed E-state index contributed by atoms with van der Waals surface area (Å²) in [5, 5.41) is 0. The molecule has 0 aliphatic carbocycles. The molecular formula is C31H52O10. The molecule has 0 spiro atoms. The van der Waals surface area contributed by atoms with Crippen LogP contribution < -0.4 is 4.74 Å². The lowest BCUT2D eigenvalue weighted by atomic mass is 10.1. The Hall–Kier alpha value is -2.08. The lowest BCUT2D eigenvalue weighted by Crippen LogP contribution is -2.15. The number of carbonyl (C=O) groups excluding carboxylic acids is 2. The van der Waals surface area contributed by atoms with Crippen molar-refractivity contribution in [2.24, 2.45) is 0 Å². The number of hydrogen-bond acceptors (Lipinski definition) is 10. The van der Waals surface area contributed by atoms with E-state index >= 15 is 0 Å². The van der Waals surface area contributed by atoms with Gasteiger partial charge in [-0.1, -0.05) is 45.4 Å². The van der Waals surface area contributed by atoms with Crippen LogP contribution in [0.3, 0.4) is 0 Å². The molecule has 0 atom stereocenters. The smallest absolute Gasteiger partial charge is 0.305 e. The van der Waals surface area contributed by atoms with E-state index in [1.807, 2.05) is 0 Å². The van der Waals surface area contributed by atoms with Gasteiger partial charge in [0, 0.05) is 12.0 Å². The zero-order chi connectivity index (χ0) is 29.5. The molecule has 0 bridgehead atoms. The first-order chi connectivity index (χ1) is 20.3. The summed E-state index contributed by atoms with van der Waals surface area (Å²) in [5.74, 6) is 0.562. The highest BCUT2D eigenvalue weighted by molar-refractivity contribution is 5.74. The second kappa shape index (κ2) is 29.4. The molecule has 0 aliphatic heterocycles. The van der Waals surface area contributed by atoms with Crippen LogP contribution in [0.4, 0.5) is 0 Å². The average Bonchev–Trinajstić information content (AvgIpc) is 2.99. The van der Waals surface area contributed by atoms with E-state index < -0.39 is 0 Å². The third-order valence-corrected chi connectivity index (χ3v) is 5.85. The fourth-order valence-corrected chi connectivity index (χ4v) is 3.58. The molecule has 0 saturated heterocycles. The molecule has 0 heterocycles. The number of hydrogen-bond donors (Lipinski definition) is 0. The summed E-state index contributed by atoms with van der Waals surface area (Å²) in [7, 11) is 0. The highest BCUT2D eigenvalue weighted by atomic mass is 16.6. The first-order valence-electron chi connectivity index (χ1n) is 15.1. The number of benzene rings is 1. The van der Waals surface area contributed by atoms with Gasteiger partial charge in [0.05, 0.1) is 79.3 Å². The Bertz CT molecular complexity index is 713. The summed E-state index contributed by atoms with van der Waals surface area (Å²) in [6.45, 7) is 8.59. The third-order valence-electron chi connectivity index (χ3n) is 5.85. The fourth-order valence-electron chi connectivity index (χ4n) is 3.58. The predicted molar refractivity (Wildman–Crippen MR) is 156 cm³/mol. The minimum atomic E-state index is -0.142. The molecule has 1 aromatic carbocycles. The van der Waals surface area contributed by atoms with Gasteiger partial charge in [-0.25, -0.2) is 0 Å². The van der Waals surface area contributed by atoms with Crippen molar-refractivity contribution in [3.63, 3.8) is 0 Å². The lowest BCUT2D eigenvalue weighted by Gasteiger charge is -2.09. The summed E-state index contributed by atoms with van der Waals surface area (Å²) >= 11 is 0. The summed E-state index contributed by atoms with van der Waals surface area (Å²) in [4.78, 5) is 22.3. The first kappa shape index (κ1) is 36.9. The molecule has 0 fully saturated rings. The van der Waals surface area contributed by atoms with E-state index in [9.17, 15) is 9.59 Å². The van der Waals surface area contributed by atoms with Gasteiger partial charge < -0.3 is 37.9 Å². The van der Waals surface area contributed by atoms with Gasteiger partial charge >= 0.3 is 5.97 Å². The van der Waals surface area contributed by atoms with Crippen LogP contribution in [0.5, 0.6) is 5.75 Å². The van der Waals surface area contributed by atoms with Gasteiger partial charge in [0.1, 0.15) is 25.2 Å². The molecule has 10 heteroatoms. The second-order valence-electron chi connectivity index (χ2n) is 9.30. The van der Waals surface area contributed by atoms with Gasteiger partial charge in [-0.15, -0.1) is 0 Å². The summed E-state index contributed by atoms with van der Waals surface area (Å²) < 4.78 is 43.4. The maximum Gasteiger partial charge on any atom is 0.305 e. The molecule has 0 aromatic heterocycles. The van der Waals surface area contributed by atoms with E-state index in [0.717, 1.165) is 19.1 Å². The van der Waals surface area contributed by atoms with Crippen molar-refractivity contribution in [2.75, 3.05) is 92.5 Å². The third kappa shape index (κ3) is 25.4. The summed E-state index contributed by atoms with van der Waals surface area (Å²) in [5.41, 5.74) is 0.618. The fraction of sp³-hybridized carbons (Fsp3) is 0.742. The highest BCUT2D eigenvalue weighted by Crippen LogP contribution is 2.11. The Labute approximate surface area is 246 Å². The van der Waals surface area contributed by atoms with Crippen molar-refractivity contribution in [3.8, 4) is 5.75 Å². The number of aldehydes is 1. The molecule has 0 N–H and O–H groups in total. The summed E-state index contributed by atoms with van der Waals surface area (Å²) in [6.07, 6.45) is 9.59. The molecule has 10 nitrogen and oxygen atoms in total. The maximum absolute atomic E-state index is 11.7. The van der Waals surface area contributed by atoms with Crippen molar-refractivity contribution < 1.29 is 47.5 Å². The van der Waals surface area contributed by atoms with Gasteiger partial charge in [-0.05, 0) is 30.7 Å². The standard InChI is InChI=1S/C31H52O10/c1-2-3-4-5-6-7-8-9-31(33)41-27-25-39-23-21-37-19-17-35-15-14-34-16-18-36-20-22-38-24-26-40-30-12-10-29(28-32)11-13-30/h10-13,28H,2-9,14-27H2,1H3. The van der Waals surface area contributed by atoms with E-state index in [1.165, 1.54) is 32.1 Å². The van der Waals surface area contributed by atoms with Crippen molar-refractivity contribution in [2.45, 2.75) is 58.3 Å². The number of esters is 1. The average molecular weight is 585 g/mol. The second-order valence-corrected chi connectivity index (χ2v) is 9.30. The lowest BCUT2D eigenvalue weighted by molar-refractivity contribution is -0.145. The van der Waals surface area contributed by atoms with Crippen LogP contribution in [0.1, 0.15) is 68.6 Å². The Morgan fingerprint density at radius 1 is 0.561 bits per heavy atom. The van der Waals surface area contributed by atoms with E-state index in [2.05, 4.69) is 6.92 Å². The van der Waals surface area contributed by atoms with Crippen LogP contribution in [0, 0.1) is 0 Å². The highest BCUT2D eigenvalue weighted by Gasteiger charge is 2.02. The number of ether oxygens (including phenoxy) is 8. The van der Waals surface area contributed by atoms with E-state index in [0.29, 0.717) is 104 Å². The monoisotopic (exact) mass is 584 g/mol. The molecular weight excluding hydrogens is 532 g/mol. The molecule has 1 aromatic rings. The van der Waals surface area contributed by atoms with Gasteiger partial charge in [0.2, 0.25) is 0 Å². The molecule has 0 unspecified atom stereocenters. The Morgan fingerprint density at radius 3 is 1.44 bits per heavy atom. The van der Waals surface area contributed by atoms with Crippen LogP contribution in [0.25, 0.3) is 0 Å². The van der Waals surface area contributed by atoms with Gasteiger partial charge in [-0.3, -0.25) is 9.59 Å². The molecule has 41 heavy (non-hydrogen) atoms. The molecule has 0 aliphatic rings. The van der Waals surface area contributed by atoms with Crippen LogP contribution in [0.2, 0.25) is 0 Å². The van der Waals surface area contributed by atoms with Gasteiger partial charge in [-0.2, -0.15) is 0 Å². The minimum absolute atomic E-state index is 0.142.